The molecule has 2 rings (SSSR count). The zero-order chi connectivity index (χ0) is 17.2. The van der Waals surface area contributed by atoms with Gasteiger partial charge in [0.15, 0.2) is 0 Å². The fourth-order valence-electron chi connectivity index (χ4n) is 2.03. The van der Waals surface area contributed by atoms with Crippen molar-refractivity contribution in [2.75, 3.05) is 13.1 Å². The highest BCUT2D eigenvalue weighted by molar-refractivity contribution is 5.94. The van der Waals surface area contributed by atoms with Crippen molar-refractivity contribution in [2.24, 2.45) is 0 Å². The van der Waals surface area contributed by atoms with Crippen LogP contribution in [0.2, 0.25) is 0 Å². The van der Waals surface area contributed by atoms with Gasteiger partial charge in [-0.3, -0.25) is 9.59 Å². The van der Waals surface area contributed by atoms with Gasteiger partial charge in [0.2, 0.25) is 11.8 Å². The fourth-order valence-corrected chi connectivity index (χ4v) is 2.03. The average molecular weight is 324 g/mol. The molecule has 0 spiro atoms. The molecule has 0 saturated carbocycles. The zero-order valence-corrected chi connectivity index (χ0v) is 13.2. The lowest BCUT2D eigenvalue weighted by molar-refractivity contribution is -0.124. The largest absolute Gasteiger partial charge is 0.387 e. The van der Waals surface area contributed by atoms with E-state index in [2.05, 4.69) is 10.6 Å². The predicted octanol–water partition coefficient (Wildman–Crippen LogP) is 1.67. The molecule has 0 radical (unpaired) electrons. The van der Waals surface area contributed by atoms with Crippen molar-refractivity contribution in [1.82, 2.24) is 10.6 Å². The fraction of sp³-hybridized carbons (Fsp3) is 0.158. The first-order valence-corrected chi connectivity index (χ1v) is 7.66. The molecule has 3 N–H and O–H groups in total. The van der Waals surface area contributed by atoms with E-state index in [1.165, 1.54) is 6.08 Å². The van der Waals surface area contributed by atoms with Crippen molar-refractivity contribution >= 4 is 17.9 Å². The second-order valence-electron chi connectivity index (χ2n) is 5.19. The molecular weight excluding hydrogens is 304 g/mol. The number of aliphatic hydroxyl groups excluding tert-OH is 1. The molecule has 2 amide bonds. The van der Waals surface area contributed by atoms with Crippen LogP contribution in [0.1, 0.15) is 17.2 Å². The van der Waals surface area contributed by atoms with E-state index in [4.69, 9.17) is 0 Å². The molecule has 1 atom stereocenters. The number of aliphatic hydroxyl groups is 1. The van der Waals surface area contributed by atoms with Crippen LogP contribution in [0.25, 0.3) is 6.08 Å². The van der Waals surface area contributed by atoms with Crippen LogP contribution in [0.3, 0.4) is 0 Å². The topological polar surface area (TPSA) is 78.4 Å². The van der Waals surface area contributed by atoms with Crippen LogP contribution in [0.5, 0.6) is 0 Å². The maximum absolute atomic E-state index is 11.7. The molecular formula is C19H20N2O3. The lowest BCUT2D eigenvalue weighted by Gasteiger charge is -2.12. The molecule has 0 bridgehead atoms. The number of amides is 2. The molecule has 0 aliphatic rings. The molecule has 0 fully saturated rings. The summed E-state index contributed by atoms with van der Waals surface area (Å²) in [4.78, 5) is 23.3. The first kappa shape index (κ1) is 17.4. The highest BCUT2D eigenvalue weighted by Crippen LogP contribution is 2.10. The van der Waals surface area contributed by atoms with Crippen molar-refractivity contribution < 1.29 is 14.7 Å². The van der Waals surface area contributed by atoms with E-state index in [-0.39, 0.29) is 24.9 Å². The highest BCUT2D eigenvalue weighted by atomic mass is 16.3. The van der Waals surface area contributed by atoms with E-state index >= 15 is 0 Å². The van der Waals surface area contributed by atoms with Crippen LogP contribution in [-0.2, 0) is 9.59 Å². The first-order valence-electron chi connectivity index (χ1n) is 7.66. The number of rotatable bonds is 7. The molecule has 2 aromatic rings. The van der Waals surface area contributed by atoms with Gasteiger partial charge in [0.1, 0.15) is 0 Å². The summed E-state index contributed by atoms with van der Waals surface area (Å²) in [6.45, 7) is -0.0436. The molecule has 24 heavy (non-hydrogen) atoms. The molecule has 2 aromatic carbocycles. The molecule has 0 aliphatic heterocycles. The summed E-state index contributed by atoms with van der Waals surface area (Å²) in [5, 5.41) is 15.0. The van der Waals surface area contributed by atoms with Crippen molar-refractivity contribution in [3.8, 4) is 0 Å². The minimum Gasteiger partial charge on any atom is -0.387 e. The Bertz CT molecular complexity index is 684. The Morgan fingerprint density at radius 3 is 2.25 bits per heavy atom. The minimum absolute atomic E-state index is 0.0958. The standard InChI is InChI=1S/C19H20N2O3/c22-17(16-9-5-2-6-10-16)13-20-19(24)14-21-18(23)12-11-15-7-3-1-4-8-15/h1-12,17,22H,13-14H2,(H,20,24)(H,21,23)/b12-11+. The monoisotopic (exact) mass is 324 g/mol. The van der Waals surface area contributed by atoms with Crippen molar-refractivity contribution in [2.45, 2.75) is 6.10 Å². The van der Waals surface area contributed by atoms with Gasteiger partial charge in [-0.25, -0.2) is 0 Å². The summed E-state index contributed by atoms with van der Waals surface area (Å²) in [7, 11) is 0. The normalized spacial score (nSPS) is 11.9. The van der Waals surface area contributed by atoms with Gasteiger partial charge in [-0.05, 0) is 17.2 Å². The van der Waals surface area contributed by atoms with E-state index in [0.717, 1.165) is 11.1 Å². The van der Waals surface area contributed by atoms with Crippen LogP contribution in [0, 0.1) is 0 Å². The maximum atomic E-state index is 11.7. The van der Waals surface area contributed by atoms with Gasteiger partial charge in [-0.15, -0.1) is 0 Å². The molecule has 5 heteroatoms. The smallest absolute Gasteiger partial charge is 0.244 e. The Morgan fingerprint density at radius 2 is 1.58 bits per heavy atom. The summed E-state index contributed by atoms with van der Waals surface area (Å²) in [5.74, 6) is -0.705. The third-order valence-corrected chi connectivity index (χ3v) is 3.33. The number of carbonyl (C=O) groups excluding carboxylic acids is 2. The average Bonchev–Trinajstić information content (AvgIpc) is 2.64. The molecule has 1 unspecified atom stereocenters. The SMILES string of the molecule is O=C(/C=C/c1ccccc1)NCC(=O)NCC(O)c1ccccc1. The van der Waals surface area contributed by atoms with Gasteiger partial charge in [0, 0.05) is 12.6 Å². The van der Waals surface area contributed by atoms with Crippen molar-refractivity contribution in [3.63, 3.8) is 0 Å². The highest BCUT2D eigenvalue weighted by Gasteiger charge is 2.09. The molecule has 0 heterocycles. The van der Waals surface area contributed by atoms with E-state index in [1.807, 2.05) is 48.5 Å². The van der Waals surface area contributed by atoms with E-state index in [1.54, 1.807) is 18.2 Å². The van der Waals surface area contributed by atoms with Crippen LogP contribution >= 0.6 is 0 Å². The second-order valence-corrected chi connectivity index (χ2v) is 5.19. The van der Waals surface area contributed by atoms with Gasteiger partial charge in [-0.1, -0.05) is 60.7 Å². The zero-order valence-electron chi connectivity index (χ0n) is 13.2. The van der Waals surface area contributed by atoms with Gasteiger partial charge in [-0.2, -0.15) is 0 Å². The van der Waals surface area contributed by atoms with Gasteiger partial charge in [0.05, 0.1) is 12.6 Å². The van der Waals surface area contributed by atoms with E-state index in [9.17, 15) is 14.7 Å². The van der Waals surface area contributed by atoms with Gasteiger partial charge < -0.3 is 15.7 Å². The first-order chi connectivity index (χ1) is 11.6. The number of carbonyl (C=O) groups is 2. The Morgan fingerprint density at radius 1 is 0.958 bits per heavy atom. The molecule has 0 saturated heterocycles. The number of hydrogen-bond donors (Lipinski definition) is 3. The van der Waals surface area contributed by atoms with Crippen LogP contribution < -0.4 is 10.6 Å². The van der Waals surface area contributed by atoms with Crippen LogP contribution in [-0.4, -0.2) is 30.0 Å². The molecule has 5 nitrogen and oxygen atoms in total. The summed E-state index contributed by atoms with van der Waals surface area (Å²) in [6, 6.07) is 18.5. The summed E-state index contributed by atoms with van der Waals surface area (Å²) in [6.07, 6.45) is 2.28. The third kappa shape index (κ3) is 6.06. The summed E-state index contributed by atoms with van der Waals surface area (Å²) < 4.78 is 0. The Hall–Kier alpha value is -2.92. The second kappa shape index (κ2) is 9.27. The molecule has 124 valence electrons. The lowest BCUT2D eigenvalue weighted by Crippen LogP contribution is -2.38. The van der Waals surface area contributed by atoms with Gasteiger partial charge >= 0.3 is 0 Å². The van der Waals surface area contributed by atoms with Crippen molar-refractivity contribution in [1.29, 1.82) is 0 Å². The predicted molar refractivity (Wildman–Crippen MR) is 92.9 cm³/mol. The number of hydrogen-bond acceptors (Lipinski definition) is 3. The quantitative estimate of drug-likeness (QED) is 0.678. The van der Waals surface area contributed by atoms with E-state index in [0.29, 0.717) is 0 Å². The number of benzene rings is 2. The Kier molecular flexibility index (Phi) is 6.73. The van der Waals surface area contributed by atoms with Crippen molar-refractivity contribution in [3.05, 3.63) is 77.9 Å². The Labute approximate surface area is 141 Å². The molecule has 0 aliphatic carbocycles. The maximum Gasteiger partial charge on any atom is 0.244 e. The summed E-state index contributed by atoms with van der Waals surface area (Å²) >= 11 is 0. The van der Waals surface area contributed by atoms with Gasteiger partial charge in [0.25, 0.3) is 0 Å². The molecule has 0 aromatic heterocycles. The van der Waals surface area contributed by atoms with Crippen LogP contribution in [0.4, 0.5) is 0 Å². The van der Waals surface area contributed by atoms with E-state index < -0.39 is 6.10 Å². The summed E-state index contributed by atoms with van der Waals surface area (Å²) in [5.41, 5.74) is 1.63. The minimum atomic E-state index is -0.774. The Balaban J connectivity index is 1.69. The third-order valence-electron chi connectivity index (χ3n) is 3.33. The lowest BCUT2D eigenvalue weighted by atomic mass is 10.1. The van der Waals surface area contributed by atoms with Crippen LogP contribution in [0.15, 0.2) is 66.7 Å². The number of nitrogens with one attached hydrogen (secondary N) is 2.